The van der Waals surface area contributed by atoms with Crippen LogP contribution in [0, 0.1) is 23.5 Å². The molecule has 3 aliphatic rings. The summed E-state index contributed by atoms with van der Waals surface area (Å²) in [4.78, 5) is 20.6. The molecule has 0 bridgehead atoms. The molecular formula is C29H29F2N3O2. The Kier molecular flexibility index (Phi) is 6.17. The molecule has 7 heteroatoms. The second-order valence-corrected chi connectivity index (χ2v) is 10.2. The van der Waals surface area contributed by atoms with E-state index in [0.717, 1.165) is 67.4 Å². The third kappa shape index (κ3) is 4.98. The molecule has 186 valence electrons. The summed E-state index contributed by atoms with van der Waals surface area (Å²) in [5.41, 5.74) is 3.46. The Labute approximate surface area is 209 Å². The number of benzene rings is 2. The first-order valence-corrected chi connectivity index (χ1v) is 12.8. The highest BCUT2D eigenvalue weighted by atomic mass is 19.1. The number of amides is 1. The number of nitrogens with zero attached hydrogens (tertiary/aromatic N) is 2. The maximum absolute atomic E-state index is 14.1. The summed E-state index contributed by atoms with van der Waals surface area (Å²) in [6.07, 6.45) is 5.53. The minimum atomic E-state index is -0.785. The topological polar surface area (TPSA) is 54.5 Å². The van der Waals surface area contributed by atoms with Gasteiger partial charge < -0.3 is 15.0 Å². The van der Waals surface area contributed by atoms with Gasteiger partial charge in [-0.2, -0.15) is 0 Å². The number of pyridine rings is 1. The number of hydrogen-bond donors (Lipinski definition) is 1. The summed E-state index contributed by atoms with van der Waals surface area (Å²) in [6, 6.07) is 14.5. The molecule has 2 aliphatic carbocycles. The number of halogens is 2. The van der Waals surface area contributed by atoms with Crippen LogP contribution >= 0.6 is 0 Å². The fourth-order valence-electron chi connectivity index (χ4n) is 5.04. The number of carbonyl (C=O) groups is 1. The van der Waals surface area contributed by atoms with Crippen LogP contribution in [0.5, 0.6) is 11.5 Å². The van der Waals surface area contributed by atoms with E-state index >= 15 is 0 Å². The smallest absolute Gasteiger partial charge is 0.254 e. The molecule has 5 nitrogen and oxygen atoms in total. The number of hydrogen-bond acceptors (Lipinski definition) is 4. The molecule has 1 amide bonds. The van der Waals surface area contributed by atoms with Gasteiger partial charge in [-0.15, -0.1) is 0 Å². The Bertz CT molecular complexity index is 1290. The van der Waals surface area contributed by atoms with Crippen LogP contribution in [0.1, 0.15) is 59.0 Å². The highest BCUT2D eigenvalue weighted by molar-refractivity contribution is 5.97. The Morgan fingerprint density at radius 1 is 1.06 bits per heavy atom. The van der Waals surface area contributed by atoms with Crippen molar-refractivity contribution in [3.05, 3.63) is 88.7 Å². The second-order valence-electron chi connectivity index (χ2n) is 10.2. The predicted molar refractivity (Wildman–Crippen MR) is 132 cm³/mol. The standard InChI is InChI=1S/C29H29F2N3O2/c30-21-9-11-27(25(31)14-21)36-23-10-8-19-12-13-34(29(35)24(19)15-23)28(20-6-7-20)26-3-1-2-22(33-26)17-32-16-18-4-5-18/h1-3,8-11,14-15,18,20,28,32H,4-7,12-13,16-17H2. The van der Waals surface area contributed by atoms with Gasteiger partial charge in [-0.3, -0.25) is 9.78 Å². The zero-order valence-corrected chi connectivity index (χ0v) is 20.1. The minimum Gasteiger partial charge on any atom is -0.454 e. The van der Waals surface area contributed by atoms with E-state index in [2.05, 4.69) is 5.32 Å². The van der Waals surface area contributed by atoms with Crippen LogP contribution in [0.4, 0.5) is 8.78 Å². The molecule has 1 aliphatic heterocycles. The van der Waals surface area contributed by atoms with E-state index in [9.17, 15) is 13.6 Å². The van der Waals surface area contributed by atoms with Gasteiger partial charge >= 0.3 is 0 Å². The number of aromatic nitrogens is 1. The first-order valence-electron chi connectivity index (χ1n) is 12.8. The van der Waals surface area contributed by atoms with Crippen molar-refractivity contribution < 1.29 is 18.3 Å². The van der Waals surface area contributed by atoms with Gasteiger partial charge in [0.2, 0.25) is 0 Å². The number of fused-ring (bicyclic) bond motifs is 1. The van der Waals surface area contributed by atoms with Crippen molar-refractivity contribution in [3.63, 3.8) is 0 Å². The lowest BCUT2D eigenvalue weighted by Gasteiger charge is -2.36. The van der Waals surface area contributed by atoms with E-state index in [0.29, 0.717) is 23.8 Å². The molecule has 2 fully saturated rings. The summed E-state index contributed by atoms with van der Waals surface area (Å²) in [5, 5.41) is 3.50. The quantitative estimate of drug-likeness (QED) is 0.413. The van der Waals surface area contributed by atoms with E-state index in [-0.39, 0.29) is 17.7 Å². The highest BCUT2D eigenvalue weighted by Gasteiger charge is 2.41. The van der Waals surface area contributed by atoms with Crippen LogP contribution < -0.4 is 10.1 Å². The summed E-state index contributed by atoms with van der Waals surface area (Å²) < 4.78 is 33.0. The molecule has 0 saturated heterocycles. The van der Waals surface area contributed by atoms with Crippen LogP contribution in [0.15, 0.2) is 54.6 Å². The number of carbonyl (C=O) groups excluding carboxylic acids is 1. The zero-order chi connectivity index (χ0) is 24.6. The van der Waals surface area contributed by atoms with Gasteiger partial charge in [-0.1, -0.05) is 12.1 Å². The van der Waals surface area contributed by atoms with E-state index in [1.807, 2.05) is 29.2 Å². The third-order valence-electron chi connectivity index (χ3n) is 7.29. The van der Waals surface area contributed by atoms with Crippen molar-refractivity contribution in [2.24, 2.45) is 11.8 Å². The van der Waals surface area contributed by atoms with Crippen molar-refractivity contribution in [1.29, 1.82) is 0 Å². The molecule has 36 heavy (non-hydrogen) atoms. The molecule has 2 heterocycles. The predicted octanol–water partition coefficient (Wildman–Crippen LogP) is 5.80. The van der Waals surface area contributed by atoms with Crippen LogP contribution in [0.3, 0.4) is 0 Å². The molecule has 6 rings (SSSR count). The summed E-state index contributed by atoms with van der Waals surface area (Å²) >= 11 is 0. The average Bonchev–Trinajstić information content (AvgIpc) is 3.79. The van der Waals surface area contributed by atoms with Gasteiger partial charge in [0.25, 0.3) is 5.91 Å². The Morgan fingerprint density at radius 2 is 1.92 bits per heavy atom. The molecule has 2 saturated carbocycles. The Balaban J connectivity index is 1.23. The lowest BCUT2D eigenvalue weighted by Crippen LogP contribution is -2.41. The first kappa shape index (κ1) is 23.1. The monoisotopic (exact) mass is 489 g/mol. The van der Waals surface area contributed by atoms with Crippen LogP contribution in [0.25, 0.3) is 0 Å². The molecule has 2 aromatic carbocycles. The molecule has 1 unspecified atom stereocenters. The molecule has 1 N–H and O–H groups in total. The largest absolute Gasteiger partial charge is 0.454 e. The molecule has 3 aromatic rings. The van der Waals surface area contributed by atoms with Crippen molar-refractivity contribution >= 4 is 5.91 Å². The number of nitrogens with one attached hydrogen (secondary N) is 1. The van der Waals surface area contributed by atoms with E-state index in [1.165, 1.54) is 18.9 Å². The summed E-state index contributed by atoms with van der Waals surface area (Å²) in [5.74, 6) is -0.0249. The molecule has 1 atom stereocenters. The van der Waals surface area contributed by atoms with E-state index in [1.54, 1.807) is 12.1 Å². The summed E-state index contributed by atoms with van der Waals surface area (Å²) in [6.45, 7) is 2.40. The first-order chi connectivity index (χ1) is 17.5. The van der Waals surface area contributed by atoms with Crippen LogP contribution in [-0.4, -0.2) is 28.9 Å². The van der Waals surface area contributed by atoms with Gasteiger partial charge in [0, 0.05) is 24.7 Å². The van der Waals surface area contributed by atoms with Crippen molar-refractivity contribution in [2.75, 3.05) is 13.1 Å². The second kappa shape index (κ2) is 9.62. The molecular weight excluding hydrogens is 460 g/mol. The number of rotatable bonds is 9. The molecule has 0 radical (unpaired) electrons. The van der Waals surface area contributed by atoms with Crippen LogP contribution in [0.2, 0.25) is 0 Å². The van der Waals surface area contributed by atoms with Gasteiger partial charge in [0.05, 0.1) is 17.4 Å². The lowest BCUT2D eigenvalue weighted by atomic mass is 9.95. The highest BCUT2D eigenvalue weighted by Crippen LogP contribution is 2.45. The van der Waals surface area contributed by atoms with Gasteiger partial charge in [-0.25, -0.2) is 8.78 Å². The van der Waals surface area contributed by atoms with Gasteiger partial charge in [0.1, 0.15) is 11.6 Å². The third-order valence-corrected chi connectivity index (χ3v) is 7.29. The van der Waals surface area contributed by atoms with E-state index < -0.39 is 11.6 Å². The minimum absolute atomic E-state index is 0.0581. The van der Waals surface area contributed by atoms with Crippen molar-refractivity contribution in [2.45, 2.75) is 44.7 Å². The fraction of sp³-hybridized carbons (Fsp3) is 0.379. The maximum atomic E-state index is 14.1. The SMILES string of the molecule is O=C1c2cc(Oc3ccc(F)cc3F)ccc2CCN1C(c1cccc(CNCC2CC2)n1)C1CC1. The lowest BCUT2D eigenvalue weighted by molar-refractivity contribution is 0.0627. The Morgan fingerprint density at radius 3 is 2.69 bits per heavy atom. The fourth-order valence-corrected chi connectivity index (χ4v) is 5.04. The Hall–Kier alpha value is -3.32. The van der Waals surface area contributed by atoms with Crippen molar-refractivity contribution in [3.8, 4) is 11.5 Å². The zero-order valence-electron chi connectivity index (χ0n) is 20.1. The van der Waals surface area contributed by atoms with Crippen LogP contribution in [-0.2, 0) is 13.0 Å². The average molecular weight is 490 g/mol. The molecule has 1 aromatic heterocycles. The molecule has 0 spiro atoms. The normalized spacial score (nSPS) is 18.2. The maximum Gasteiger partial charge on any atom is 0.254 e. The van der Waals surface area contributed by atoms with Crippen molar-refractivity contribution in [1.82, 2.24) is 15.2 Å². The van der Waals surface area contributed by atoms with Gasteiger partial charge in [0.15, 0.2) is 11.6 Å². The van der Waals surface area contributed by atoms with Gasteiger partial charge in [-0.05, 0) is 92.4 Å². The van der Waals surface area contributed by atoms with E-state index in [4.69, 9.17) is 9.72 Å². The summed E-state index contributed by atoms with van der Waals surface area (Å²) in [7, 11) is 0. The number of ether oxygens (including phenoxy) is 1.